The predicted molar refractivity (Wildman–Crippen MR) is 72.1 cm³/mol. The van der Waals surface area contributed by atoms with Gasteiger partial charge in [-0.25, -0.2) is 0 Å². The van der Waals surface area contributed by atoms with Gasteiger partial charge < -0.3 is 20.5 Å². The molecule has 5 heteroatoms. The molecule has 0 aliphatic carbocycles. The lowest BCUT2D eigenvalue weighted by Gasteiger charge is -2.21. The average molecular weight is 264 g/mol. The van der Waals surface area contributed by atoms with Gasteiger partial charge in [-0.2, -0.15) is 0 Å². The number of carbonyl (C=O) groups is 1. The second-order valence-corrected chi connectivity index (χ2v) is 4.81. The fourth-order valence-corrected chi connectivity index (χ4v) is 2.29. The van der Waals surface area contributed by atoms with E-state index in [1.807, 2.05) is 31.2 Å². The number of nitrogens with one attached hydrogen (secondary N) is 1. The molecule has 5 nitrogen and oxygen atoms in total. The first-order valence-electron chi connectivity index (χ1n) is 6.40. The number of nitrogens with two attached hydrogens (primary N) is 1. The maximum Gasteiger partial charge on any atom is 0.239 e. The number of para-hydroxylation sites is 1. The minimum Gasteiger partial charge on any atom is -0.493 e. The number of hydrogen-bond acceptors (Lipinski definition) is 4. The highest BCUT2D eigenvalue weighted by atomic mass is 16.5. The Bertz CT molecular complexity index is 450. The van der Waals surface area contributed by atoms with Crippen molar-refractivity contribution in [3.63, 3.8) is 0 Å². The number of carbonyl (C=O) groups excluding carboxylic acids is 1. The number of methoxy groups -OCH3 is 1. The number of amides is 1. The second-order valence-electron chi connectivity index (χ2n) is 4.81. The third-order valence-electron chi connectivity index (χ3n) is 3.39. The van der Waals surface area contributed by atoms with Crippen molar-refractivity contribution in [3.8, 4) is 5.75 Å². The van der Waals surface area contributed by atoms with Gasteiger partial charge in [0.25, 0.3) is 0 Å². The summed E-state index contributed by atoms with van der Waals surface area (Å²) in [4.78, 5) is 11.9. The molecule has 1 aromatic carbocycles. The van der Waals surface area contributed by atoms with Gasteiger partial charge in [0.15, 0.2) is 0 Å². The number of ether oxygens (including phenoxy) is 2. The van der Waals surface area contributed by atoms with Gasteiger partial charge >= 0.3 is 0 Å². The SMILES string of the molecule is COCC(N)C(=O)NC(C)C1COc2ccccc21. The quantitative estimate of drug-likeness (QED) is 0.818. The minimum absolute atomic E-state index is 0.0287. The number of rotatable bonds is 5. The van der Waals surface area contributed by atoms with Crippen LogP contribution in [0.2, 0.25) is 0 Å². The first kappa shape index (κ1) is 13.8. The summed E-state index contributed by atoms with van der Waals surface area (Å²) in [5, 5.41) is 2.92. The molecule has 3 N–H and O–H groups in total. The fourth-order valence-electron chi connectivity index (χ4n) is 2.29. The van der Waals surface area contributed by atoms with Gasteiger partial charge in [0.05, 0.1) is 13.2 Å². The van der Waals surface area contributed by atoms with Crippen LogP contribution in [0.4, 0.5) is 0 Å². The summed E-state index contributed by atoms with van der Waals surface area (Å²) in [6, 6.07) is 7.24. The van der Waals surface area contributed by atoms with Crippen LogP contribution in [-0.4, -0.2) is 38.3 Å². The predicted octanol–water partition coefficient (Wildman–Crippen LogP) is 0.641. The van der Waals surface area contributed by atoms with Crippen LogP contribution >= 0.6 is 0 Å². The van der Waals surface area contributed by atoms with Crippen LogP contribution in [0.15, 0.2) is 24.3 Å². The molecule has 104 valence electrons. The molecular weight excluding hydrogens is 244 g/mol. The summed E-state index contributed by atoms with van der Waals surface area (Å²) in [6.07, 6.45) is 0. The molecule has 0 bridgehead atoms. The van der Waals surface area contributed by atoms with E-state index in [0.717, 1.165) is 11.3 Å². The average Bonchev–Trinajstić information content (AvgIpc) is 2.82. The zero-order chi connectivity index (χ0) is 13.8. The molecule has 3 unspecified atom stereocenters. The second kappa shape index (κ2) is 6.04. The molecule has 1 heterocycles. The van der Waals surface area contributed by atoms with Crippen LogP contribution in [0, 0.1) is 0 Å². The standard InChI is InChI=1S/C14H20N2O3/c1-9(16-14(17)12(15)8-18-2)11-7-19-13-6-4-3-5-10(11)13/h3-6,9,11-12H,7-8,15H2,1-2H3,(H,16,17). The maximum atomic E-state index is 11.9. The molecule has 0 radical (unpaired) electrons. The largest absolute Gasteiger partial charge is 0.493 e. The normalized spacial score (nSPS) is 20.3. The number of benzene rings is 1. The molecule has 1 aromatic rings. The van der Waals surface area contributed by atoms with Crippen LogP contribution in [0.25, 0.3) is 0 Å². The third-order valence-corrected chi connectivity index (χ3v) is 3.39. The van der Waals surface area contributed by atoms with E-state index in [2.05, 4.69) is 5.32 Å². The maximum absolute atomic E-state index is 11.9. The zero-order valence-corrected chi connectivity index (χ0v) is 11.3. The lowest BCUT2D eigenvalue weighted by molar-refractivity contribution is -0.124. The molecule has 19 heavy (non-hydrogen) atoms. The van der Waals surface area contributed by atoms with Gasteiger partial charge in [-0.05, 0) is 13.0 Å². The van der Waals surface area contributed by atoms with Crippen molar-refractivity contribution in [1.82, 2.24) is 5.32 Å². The zero-order valence-electron chi connectivity index (χ0n) is 11.3. The van der Waals surface area contributed by atoms with E-state index in [4.69, 9.17) is 15.2 Å². The Hall–Kier alpha value is -1.59. The monoisotopic (exact) mass is 264 g/mol. The highest BCUT2D eigenvalue weighted by Gasteiger charge is 2.30. The van der Waals surface area contributed by atoms with Crippen molar-refractivity contribution in [3.05, 3.63) is 29.8 Å². The molecule has 1 amide bonds. The molecule has 1 aliphatic heterocycles. The van der Waals surface area contributed by atoms with E-state index in [9.17, 15) is 4.79 Å². The third kappa shape index (κ3) is 3.05. The van der Waals surface area contributed by atoms with Gasteiger partial charge in [-0.15, -0.1) is 0 Å². The van der Waals surface area contributed by atoms with Crippen molar-refractivity contribution in [2.24, 2.45) is 5.73 Å². The van der Waals surface area contributed by atoms with Crippen LogP contribution < -0.4 is 15.8 Å². The Morgan fingerprint density at radius 1 is 1.58 bits per heavy atom. The molecule has 0 saturated carbocycles. The first-order valence-corrected chi connectivity index (χ1v) is 6.40. The molecule has 0 fully saturated rings. The number of hydrogen-bond donors (Lipinski definition) is 2. The molecule has 3 atom stereocenters. The summed E-state index contributed by atoms with van der Waals surface area (Å²) >= 11 is 0. The van der Waals surface area contributed by atoms with Crippen molar-refractivity contribution in [2.45, 2.75) is 24.9 Å². The summed E-state index contributed by atoms with van der Waals surface area (Å²) in [6.45, 7) is 2.77. The summed E-state index contributed by atoms with van der Waals surface area (Å²) in [5.41, 5.74) is 6.84. The molecule has 2 rings (SSSR count). The lowest BCUT2D eigenvalue weighted by atomic mass is 9.94. The molecule has 0 saturated heterocycles. The molecule has 0 spiro atoms. The van der Waals surface area contributed by atoms with E-state index >= 15 is 0 Å². The van der Waals surface area contributed by atoms with Gasteiger partial charge in [0, 0.05) is 24.6 Å². The van der Waals surface area contributed by atoms with E-state index in [1.165, 1.54) is 7.11 Å². The minimum atomic E-state index is -0.634. The van der Waals surface area contributed by atoms with Gasteiger partial charge in [0.1, 0.15) is 11.8 Å². The van der Waals surface area contributed by atoms with Crippen molar-refractivity contribution < 1.29 is 14.3 Å². The van der Waals surface area contributed by atoms with Gasteiger partial charge in [-0.1, -0.05) is 18.2 Å². The van der Waals surface area contributed by atoms with E-state index in [1.54, 1.807) is 0 Å². The van der Waals surface area contributed by atoms with Crippen molar-refractivity contribution in [2.75, 3.05) is 20.3 Å². The summed E-state index contributed by atoms with van der Waals surface area (Å²) in [5.74, 6) is 0.864. The molecule has 1 aliphatic rings. The first-order chi connectivity index (χ1) is 9.13. The van der Waals surface area contributed by atoms with Gasteiger partial charge in [-0.3, -0.25) is 4.79 Å². The summed E-state index contributed by atoms with van der Waals surface area (Å²) in [7, 11) is 1.53. The van der Waals surface area contributed by atoms with E-state index in [0.29, 0.717) is 6.61 Å². The van der Waals surface area contributed by atoms with Crippen LogP contribution in [0.3, 0.4) is 0 Å². The van der Waals surface area contributed by atoms with Gasteiger partial charge in [0.2, 0.25) is 5.91 Å². The Kier molecular flexibility index (Phi) is 4.39. The summed E-state index contributed by atoms with van der Waals surface area (Å²) < 4.78 is 10.5. The van der Waals surface area contributed by atoms with Crippen LogP contribution in [0.1, 0.15) is 18.4 Å². The smallest absolute Gasteiger partial charge is 0.239 e. The Balaban J connectivity index is 1.98. The Morgan fingerprint density at radius 3 is 3.05 bits per heavy atom. The van der Waals surface area contributed by atoms with Crippen LogP contribution in [-0.2, 0) is 9.53 Å². The molecular formula is C14H20N2O3. The lowest BCUT2D eigenvalue weighted by Crippen LogP contribution is -2.48. The Morgan fingerprint density at radius 2 is 2.32 bits per heavy atom. The number of fused-ring (bicyclic) bond motifs is 1. The fraction of sp³-hybridized carbons (Fsp3) is 0.500. The molecule has 0 aromatic heterocycles. The Labute approximate surface area is 113 Å². The topological polar surface area (TPSA) is 73.6 Å². The van der Waals surface area contributed by atoms with E-state index < -0.39 is 6.04 Å². The highest BCUT2D eigenvalue weighted by Crippen LogP contribution is 2.35. The van der Waals surface area contributed by atoms with E-state index in [-0.39, 0.29) is 24.5 Å². The van der Waals surface area contributed by atoms with Crippen molar-refractivity contribution in [1.29, 1.82) is 0 Å². The van der Waals surface area contributed by atoms with Crippen molar-refractivity contribution >= 4 is 5.91 Å². The highest BCUT2D eigenvalue weighted by molar-refractivity contribution is 5.82. The van der Waals surface area contributed by atoms with Crippen LogP contribution in [0.5, 0.6) is 5.75 Å².